The quantitative estimate of drug-likeness (QED) is 0.0195. The van der Waals surface area contributed by atoms with Crippen molar-refractivity contribution in [1.29, 1.82) is 0 Å². The summed E-state index contributed by atoms with van der Waals surface area (Å²) in [4.78, 5) is 38.0. The highest BCUT2D eigenvalue weighted by Gasteiger charge is 2.22. The van der Waals surface area contributed by atoms with Crippen LogP contribution in [0.2, 0.25) is 0 Å². The Morgan fingerprint density at radius 2 is 0.711 bits per heavy atom. The molecule has 0 fully saturated rings. The number of nitrogens with zero attached hydrogens (tertiary/aromatic N) is 1. The number of esters is 2. The van der Waals surface area contributed by atoms with Crippen molar-refractivity contribution in [1.82, 2.24) is 0 Å². The predicted octanol–water partition coefficient (Wildman–Crippen LogP) is 19.9. The highest BCUT2D eigenvalue weighted by Crippen LogP contribution is 2.38. The number of carbonyl (C=O) groups excluding carboxylic acids is 2. The van der Waals surface area contributed by atoms with Crippen molar-refractivity contribution < 1.29 is 42.1 Å². The van der Waals surface area contributed by atoms with Crippen molar-refractivity contribution in [2.75, 3.05) is 47.5 Å². The molecule has 0 aromatic carbocycles. The van der Waals surface area contributed by atoms with Gasteiger partial charge in [0.1, 0.15) is 19.8 Å². The average molecular weight is 1090 g/mol. The SMILES string of the molecule is CCCCCCC/C=C\C/C=C\CCCCCCCCCCCCCCCCCCCCCC(=O)OC(COC(=O)CCCCCCCCCCC/C=C\C/C=C\CCCCCCC)COP(=O)([O-])OCC[N+](C)(C)C. The number of hydrogen-bond donors (Lipinski definition) is 0. The molecule has 0 N–H and O–H groups in total. The molecule has 0 aliphatic heterocycles. The van der Waals surface area contributed by atoms with E-state index in [2.05, 4.69) is 62.5 Å². The molecule has 0 bridgehead atoms. The van der Waals surface area contributed by atoms with Crippen LogP contribution in [0.5, 0.6) is 0 Å². The first-order valence-corrected chi connectivity index (χ1v) is 33.8. The lowest BCUT2D eigenvalue weighted by molar-refractivity contribution is -0.870. The number of quaternary nitrogens is 1. The van der Waals surface area contributed by atoms with E-state index in [4.69, 9.17) is 18.5 Å². The van der Waals surface area contributed by atoms with Crippen LogP contribution in [0.1, 0.15) is 309 Å². The van der Waals surface area contributed by atoms with E-state index in [9.17, 15) is 19.0 Å². The Labute approximate surface area is 471 Å². The van der Waals surface area contributed by atoms with E-state index in [1.165, 1.54) is 231 Å². The smallest absolute Gasteiger partial charge is 0.306 e. The van der Waals surface area contributed by atoms with Crippen LogP contribution in [-0.4, -0.2) is 70.0 Å². The lowest BCUT2D eigenvalue weighted by atomic mass is 10.0. The molecule has 0 aromatic heterocycles. The van der Waals surface area contributed by atoms with Crippen molar-refractivity contribution >= 4 is 19.8 Å². The molecule has 0 rings (SSSR count). The monoisotopic (exact) mass is 1090 g/mol. The van der Waals surface area contributed by atoms with Gasteiger partial charge in [-0.05, 0) is 77.0 Å². The molecule has 446 valence electrons. The minimum atomic E-state index is -4.64. The van der Waals surface area contributed by atoms with Gasteiger partial charge in [-0.25, -0.2) is 0 Å². The average Bonchev–Trinajstić information content (AvgIpc) is 3.38. The summed E-state index contributed by atoms with van der Waals surface area (Å²) in [6.45, 7) is 4.26. The molecule has 0 heterocycles. The summed E-state index contributed by atoms with van der Waals surface area (Å²) in [5.74, 6) is -0.825. The van der Waals surface area contributed by atoms with Crippen LogP contribution in [0.3, 0.4) is 0 Å². The number of likely N-dealkylation sites (N-methyl/N-ethyl adjacent to an activating group) is 1. The van der Waals surface area contributed by atoms with E-state index in [0.717, 1.165) is 44.9 Å². The Morgan fingerprint density at radius 3 is 1.04 bits per heavy atom. The fourth-order valence-corrected chi connectivity index (χ4v) is 10.0. The van der Waals surface area contributed by atoms with Crippen LogP contribution in [0, 0.1) is 0 Å². The van der Waals surface area contributed by atoms with E-state index < -0.39 is 26.5 Å². The van der Waals surface area contributed by atoms with Gasteiger partial charge in [0, 0.05) is 12.8 Å². The van der Waals surface area contributed by atoms with Crippen molar-refractivity contribution in [2.24, 2.45) is 0 Å². The summed E-state index contributed by atoms with van der Waals surface area (Å²) >= 11 is 0. The molecule has 9 nitrogen and oxygen atoms in total. The number of ether oxygens (including phenoxy) is 2. The summed E-state index contributed by atoms with van der Waals surface area (Å²) in [7, 11) is 1.17. The summed E-state index contributed by atoms with van der Waals surface area (Å²) in [6.07, 6.45) is 73.2. The Kier molecular flexibility index (Phi) is 56.1. The van der Waals surface area contributed by atoms with Crippen molar-refractivity contribution in [2.45, 2.75) is 315 Å². The maximum absolute atomic E-state index is 12.8. The highest BCUT2D eigenvalue weighted by atomic mass is 31.2. The van der Waals surface area contributed by atoms with Gasteiger partial charge in [-0.3, -0.25) is 14.2 Å². The zero-order valence-corrected chi connectivity index (χ0v) is 51.6. The van der Waals surface area contributed by atoms with E-state index in [0.29, 0.717) is 17.4 Å². The van der Waals surface area contributed by atoms with Gasteiger partial charge in [0.05, 0.1) is 27.7 Å². The minimum Gasteiger partial charge on any atom is -0.756 e. The van der Waals surface area contributed by atoms with Gasteiger partial charge in [0.2, 0.25) is 0 Å². The number of hydrogen-bond acceptors (Lipinski definition) is 8. The molecule has 0 aromatic rings. The van der Waals surface area contributed by atoms with E-state index in [1.54, 1.807) is 0 Å². The molecular weight excluding hydrogens is 966 g/mol. The van der Waals surface area contributed by atoms with E-state index >= 15 is 0 Å². The lowest BCUT2D eigenvalue weighted by Crippen LogP contribution is -2.37. The summed E-state index contributed by atoms with van der Waals surface area (Å²) in [6, 6.07) is 0. The Balaban J connectivity index is 4.05. The zero-order chi connectivity index (χ0) is 55.6. The second-order valence-electron chi connectivity index (χ2n) is 23.1. The van der Waals surface area contributed by atoms with Gasteiger partial charge in [0.25, 0.3) is 7.82 Å². The van der Waals surface area contributed by atoms with E-state index in [1.807, 2.05) is 21.1 Å². The van der Waals surface area contributed by atoms with Crippen molar-refractivity contribution in [3.8, 4) is 0 Å². The minimum absolute atomic E-state index is 0.0307. The largest absolute Gasteiger partial charge is 0.756 e. The molecule has 0 spiro atoms. The summed E-state index contributed by atoms with van der Waals surface area (Å²) in [5.41, 5.74) is 0. The molecule has 2 atom stereocenters. The number of carbonyl (C=O) groups is 2. The molecule has 0 aliphatic rings. The van der Waals surface area contributed by atoms with Crippen molar-refractivity contribution in [3.63, 3.8) is 0 Å². The summed E-state index contributed by atoms with van der Waals surface area (Å²) in [5, 5.41) is 0. The normalized spacial score (nSPS) is 13.5. The topological polar surface area (TPSA) is 111 Å². The number of rotatable bonds is 60. The van der Waals surface area contributed by atoms with Gasteiger partial charge < -0.3 is 27.9 Å². The zero-order valence-electron chi connectivity index (χ0n) is 50.7. The van der Waals surface area contributed by atoms with Crippen LogP contribution < -0.4 is 4.89 Å². The van der Waals surface area contributed by atoms with Crippen LogP contribution in [-0.2, 0) is 32.7 Å². The third kappa shape index (κ3) is 61.2. The first-order chi connectivity index (χ1) is 37.0. The molecule has 0 saturated carbocycles. The molecule has 0 amide bonds. The molecule has 0 aliphatic carbocycles. The highest BCUT2D eigenvalue weighted by molar-refractivity contribution is 7.45. The van der Waals surface area contributed by atoms with Gasteiger partial charge in [-0.1, -0.05) is 268 Å². The van der Waals surface area contributed by atoms with E-state index in [-0.39, 0.29) is 32.0 Å². The van der Waals surface area contributed by atoms with Crippen LogP contribution in [0.25, 0.3) is 0 Å². The van der Waals surface area contributed by atoms with Crippen LogP contribution >= 0.6 is 7.82 Å². The number of allylic oxidation sites excluding steroid dienone is 8. The third-order valence-corrected chi connectivity index (χ3v) is 15.3. The Hall–Kier alpha value is -2.03. The Morgan fingerprint density at radius 1 is 0.408 bits per heavy atom. The predicted molar refractivity (Wildman–Crippen MR) is 324 cm³/mol. The second kappa shape index (κ2) is 57.6. The third-order valence-electron chi connectivity index (χ3n) is 14.3. The molecule has 0 saturated heterocycles. The fourth-order valence-electron chi connectivity index (χ4n) is 9.31. The standard InChI is InChI=1S/C66H124NO8P/c1-6-8-10-12-14-16-18-20-22-24-26-28-29-30-31-32-33-34-35-36-37-39-41-43-45-47-49-51-53-55-57-59-66(69)75-64(63-74-76(70,71)73-61-60-67(3,4)5)62-72-65(68)58-56-54-52-50-48-46-44-42-40-38-27-25-23-21-19-17-15-13-11-9-7-2/h18-21,24-27,64H,6-17,22-23,28-63H2,1-5H3/b20-18-,21-19-,26-24-,27-25-. The maximum atomic E-state index is 12.8. The maximum Gasteiger partial charge on any atom is 0.306 e. The van der Waals surface area contributed by atoms with Gasteiger partial charge >= 0.3 is 11.9 Å². The number of phosphoric acid groups is 1. The second-order valence-corrected chi connectivity index (χ2v) is 24.5. The molecule has 0 radical (unpaired) electrons. The van der Waals surface area contributed by atoms with Gasteiger partial charge in [-0.15, -0.1) is 0 Å². The summed E-state index contributed by atoms with van der Waals surface area (Å²) < 4.78 is 34.2. The molecule has 2 unspecified atom stereocenters. The first-order valence-electron chi connectivity index (χ1n) is 32.3. The van der Waals surface area contributed by atoms with Crippen molar-refractivity contribution in [3.05, 3.63) is 48.6 Å². The van der Waals surface area contributed by atoms with Crippen LogP contribution in [0.4, 0.5) is 0 Å². The first kappa shape index (κ1) is 74.0. The van der Waals surface area contributed by atoms with Gasteiger partial charge in [-0.2, -0.15) is 0 Å². The fraction of sp³-hybridized carbons (Fsp3) is 0.848. The molecule has 10 heteroatoms. The Bertz CT molecular complexity index is 1420. The van der Waals surface area contributed by atoms with Gasteiger partial charge in [0.15, 0.2) is 6.10 Å². The number of phosphoric ester groups is 1. The molecular formula is C66H124NO8P. The molecule has 76 heavy (non-hydrogen) atoms. The number of unbranched alkanes of at least 4 members (excludes halogenated alkanes) is 38. The van der Waals surface area contributed by atoms with Crippen LogP contribution in [0.15, 0.2) is 48.6 Å². The lowest BCUT2D eigenvalue weighted by Gasteiger charge is -2.28.